The highest BCUT2D eigenvalue weighted by molar-refractivity contribution is 6.31. The predicted octanol–water partition coefficient (Wildman–Crippen LogP) is 2.76. The van der Waals surface area contributed by atoms with Crippen molar-refractivity contribution in [2.75, 3.05) is 0 Å². The number of nitrogens with two attached hydrogens (primary N) is 1. The number of hydrogen-bond donors (Lipinski definition) is 2. The van der Waals surface area contributed by atoms with Gasteiger partial charge in [-0.1, -0.05) is 17.7 Å². The lowest BCUT2D eigenvalue weighted by atomic mass is 10.00. The van der Waals surface area contributed by atoms with Gasteiger partial charge in [-0.15, -0.1) is 0 Å². The van der Waals surface area contributed by atoms with E-state index in [4.69, 9.17) is 17.4 Å². The Hall–Kier alpha value is -1.56. The molecule has 0 aliphatic carbocycles. The summed E-state index contributed by atoms with van der Waals surface area (Å²) in [7, 11) is 0. The molecule has 0 bridgehead atoms. The number of aromatic nitrogens is 1. The molecule has 1 unspecified atom stereocenters. The van der Waals surface area contributed by atoms with E-state index in [2.05, 4.69) is 10.4 Å². The molecular weight excluding hydrogens is 272 g/mol. The molecule has 0 aliphatic rings. The molecule has 0 saturated carbocycles. The van der Waals surface area contributed by atoms with Crippen molar-refractivity contribution in [3.05, 3.63) is 64.4 Å². The summed E-state index contributed by atoms with van der Waals surface area (Å²) in [6.07, 6.45) is 3.58. The van der Waals surface area contributed by atoms with Gasteiger partial charge < -0.3 is 0 Å². The minimum atomic E-state index is -0.904. The summed E-state index contributed by atoms with van der Waals surface area (Å²) in [4.78, 5) is 3.88. The topological polar surface area (TPSA) is 50.9 Å². The zero-order valence-electron chi connectivity index (χ0n) is 9.91. The van der Waals surface area contributed by atoms with Gasteiger partial charge in [-0.3, -0.25) is 16.3 Å². The molecule has 6 heteroatoms. The Morgan fingerprint density at radius 3 is 2.68 bits per heavy atom. The van der Waals surface area contributed by atoms with E-state index in [-0.39, 0.29) is 6.04 Å². The fourth-order valence-electron chi connectivity index (χ4n) is 1.79. The maximum absolute atomic E-state index is 13.2. The number of rotatable bonds is 4. The lowest BCUT2D eigenvalue weighted by Crippen LogP contribution is -2.29. The van der Waals surface area contributed by atoms with E-state index < -0.39 is 11.6 Å². The molecule has 1 heterocycles. The van der Waals surface area contributed by atoms with E-state index in [1.165, 1.54) is 12.3 Å². The molecule has 0 aliphatic heterocycles. The third kappa shape index (κ3) is 3.26. The van der Waals surface area contributed by atoms with Crippen molar-refractivity contribution in [3.8, 4) is 0 Å². The van der Waals surface area contributed by atoms with Crippen molar-refractivity contribution < 1.29 is 8.78 Å². The van der Waals surface area contributed by atoms with Gasteiger partial charge in [-0.2, -0.15) is 0 Å². The molecule has 2 rings (SSSR count). The molecule has 0 fully saturated rings. The summed E-state index contributed by atoms with van der Waals surface area (Å²) in [6.45, 7) is 0. The summed E-state index contributed by atoms with van der Waals surface area (Å²) in [5.41, 5.74) is 3.95. The number of hydrazine groups is 1. The Labute approximate surface area is 114 Å². The van der Waals surface area contributed by atoms with Crippen LogP contribution in [-0.2, 0) is 6.42 Å². The van der Waals surface area contributed by atoms with Gasteiger partial charge >= 0.3 is 0 Å². The molecule has 1 aromatic heterocycles. The minimum absolute atomic E-state index is 0.366. The van der Waals surface area contributed by atoms with Gasteiger partial charge in [-0.25, -0.2) is 8.78 Å². The first-order chi connectivity index (χ1) is 9.11. The van der Waals surface area contributed by atoms with Crippen LogP contribution in [0.5, 0.6) is 0 Å². The first-order valence-electron chi connectivity index (χ1n) is 5.61. The van der Waals surface area contributed by atoms with Gasteiger partial charge in [0.25, 0.3) is 0 Å². The SMILES string of the molecule is NNC(Cc1ccncc1Cl)c1ccc(F)c(F)c1. The Morgan fingerprint density at radius 2 is 2.05 bits per heavy atom. The highest BCUT2D eigenvalue weighted by Gasteiger charge is 2.14. The summed E-state index contributed by atoms with van der Waals surface area (Å²) in [6, 6.07) is 5.07. The fourth-order valence-corrected chi connectivity index (χ4v) is 1.99. The molecule has 19 heavy (non-hydrogen) atoms. The quantitative estimate of drug-likeness (QED) is 0.670. The zero-order valence-corrected chi connectivity index (χ0v) is 10.7. The Bertz CT molecular complexity index is 578. The van der Waals surface area contributed by atoms with Gasteiger partial charge in [0.1, 0.15) is 0 Å². The molecule has 3 nitrogen and oxygen atoms in total. The third-order valence-electron chi connectivity index (χ3n) is 2.83. The lowest BCUT2D eigenvalue weighted by Gasteiger charge is -2.17. The highest BCUT2D eigenvalue weighted by Crippen LogP contribution is 2.23. The Morgan fingerprint density at radius 1 is 1.26 bits per heavy atom. The van der Waals surface area contributed by atoms with Crippen LogP contribution in [0.1, 0.15) is 17.2 Å². The molecule has 0 saturated heterocycles. The van der Waals surface area contributed by atoms with E-state index in [0.717, 1.165) is 17.7 Å². The lowest BCUT2D eigenvalue weighted by molar-refractivity contribution is 0.497. The molecule has 100 valence electrons. The van der Waals surface area contributed by atoms with E-state index in [9.17, 15) is 8.78 Å². The number of halogens is 3. The van der Waals surface area contributed by atoms with Crippen LogP contribution >= 0.6 is 11.6 Å². The van der Waals surface area contributed by atoms with E-state index >= 15 is 0 Å². The normalized spacial score (nSPS) is 12.4. The maximum atomic E-state index is 13.2. The van der Waals surface area contributed by atoms with Crippen molar-refractivity contribution in [2.45, 2.75) is 12.5 Å². The predicted molar refractivity (Wildman–Crippen MR) is 69.4 cm³/mol. The monoisotopic (exact) mass is 283 g/mol. The third-order valence-corrected chi connectivity index (χ3v) is 3.17. The van der Waals surface area contributed by atoms with E-state index in [0.29, 0.717) is 17.0 Å². The van der Waals surface area contributed by atoms with Crippen molar-refractivity contribution in [1.29, 1.82) is 0 Å². The molecule has 0 spiro atoms. The summed E-state index contributed by atoms with van der Waals surface area (Å²) in [5, 5.41) is 0.505. The average Bonchev–Trinajstić information content (AvgIpc) is 2.41. The fraction of sp³-hybridized carbons (Fsp3) is 0.154. The van der Waals surface area contributed by atoms with Gasteiger partial charge in [-0.05, 0) is 35.7 Å². The largest absolute Gasteiger partial charge is 0.271 e. The maximum Gasteiger partial charge on any atom is 0.159 e. The number of pyridine rings is 1. The number of nitrogens with zero attached hydrogens (tertiary/aromatic N) is 1. The van der Waals surface area contributed by atoms with Gasteiger partial charge in [0.05, 0.1) is 11.1 Å². The van der Waals surface area contributed by atoms with Crippen molar-refractivity contribution in [1.82, 2.24) is 10.4 Å². The van der Waals surface area contributed by atoms with Crippen molar-refractivity contribution >= 4 is 11.6 Å². The van der Waals surface area contributed by atoms with Crippen LogP contribution in [0, 0.1) is 11.6 Å². The zero-order chi connectivity index (χ0) is 13.8. The minimum Gasteiger partial charge on any atom is -0.271 e. The second-order valence-electron chi connectivity index (χ2n) is 4.06. The Balaban J connectivity index is 2.25. The summed E-state index contributed by atoms with van der Waals surface area (Å²) in [5.74, 6) is 3.67. The van der Waals surface area contributed by atoms with Gasteiger partial charge in [0, 0.05) is 12.4 Å². The number of benzene rings is 1. The first kappa shape index (κ1) is 13.9. The smallest absolute Gasteiger partial charge is 0.159 e. The van der Waals surface area contributed by atoms with Crippen molar-refractivity contribution in [3.63, 3.8) is 0 Å². The molecule has 3 N–H and O–H groups in total. The number of hydrogen-bond acceptors (Lipinski definition) is 3. The first-order valence-corrected chi connectivity index (χ1v) is 5.99. The van der Waals surface area contributed by atoms with Crippen molar-refractivity contribution in [2.24, 2.45) is 5.84 Å². The standard InChI is InChI=1S/C13H12ClF2N3/c14-10-7-18-4-3-8(10)6-13(19-17)9-1-2-11(15)12(16)5-9/h1-5,7,13,19H,6,17H2. The number of nitrogens with one attached hydrogen (secondary N) is 1. The summed E-state index contributed by atoms with van der Waals surface area (Å²) >= 11 is 6.00. The second kappa shape index (κ2) is 6.06. The molecule has 2 aromatic rings. The summed E-state index contributed by atoms with van der Waals surface area (Å²) < 4.78 is 26.1. The van der Waals surface area contributed by atoms with Crippen LogP contribution in [0.25, 0.3) is 0 Å². The highest BCUT2D eigenvalue weighted by atomic mass is 35.5. The van der Waals surface area contributed by atoms with Crippen LogP contribution in [0.4, 0.5) is 8.78 Å². The van der Waals surface area contributed by atoms with Crippen LogP contribution in [0.3, 0.4) is 0 Å². The molecule has 0 amide bonds. The molecule has 1 atom stereocenters. The van der Waals surface area contributed by atoms with Crippen LogP contribution < -0.4 is 11.3 Å². The van der Waals surface area contributed by atoms with Crippen LogP contribution in [0.2, 0.25) is 5.02 Å². The average molecular weight is 284 g/mol. The molecule has 0 radical (unpaired) electrons. The van der Waals surface area contributed by atoms with E-state index in [1.54, 1.807) is 12.3 Å². The molecular formula is C13H12ClF2N3. The van der Waals surface area contributed by atoms with E-state index in [1.807, 2.05) is 0 Å². The van der Waals surface area contributed by atoms with Crippen LogP contribution in [-0.4, -0.2) is 4.98 Å². The van der Waals surface area contributed by atoms with Gasteiger partial charge in [0.15, 0.2) is 11.6 Å². The Kier molecular flexibility index (Phi) is 4.42. The van der Waals surface area contributed by atoms with Crippen LogP contribution in [0.15, 0.2) is 36.7 Å². The second-order valence-corrected chi connectivity index (χ2v) is 4.47. The van der Waals surface area contributed by atoms with Gasteiger partial charge in [0.2, 0.25) is 0 Å². The molecule has 1 aromatic carbocycles.